The summed E-state index contributed by atoms with van der Waals surface area (Å²) in [6, 6.07) is 7.40. The van der Waals surface area contributed by atoms with Crippen molar-refractivity contribution in [1.82, 2.24) is 5.32 Å². The number of amides is 1. The monoisotopic (exact) mass is 215 g/mol. The molecule has 0 saturated carbocycles. The van der Waals surface area contributed by atoms with E-state index in [4.69, 9.17) is 10.7 Å². The van der Waals surface area contributed by atoms with Crippen LogP contribution in [0.25, 0.3) is 0 Å². The normalized spacial score (nSPS) is 9.69. The molecule has 0 bridgehead atoms. The average molecular weight is 216 g/mol. The van der Waals surface area contributed by atoms with E-state index in [1.165, 1.54) is 0 Å². The number of carbonyl (C=O) groups excluding carboxylic acids is 1. The Balaban J connectivity index is 2.61. The van der Waals surface area contributed by atoms with Crippen LogP contribution in [0.4, 0.5) is 0 Å². The molecule has 4 heteroatoms. The summed E-state index contributed by atoms with van der Waals surface area (Å²) in [4.78, 5) is 11.3. The van der Waals surface area contributed by atoms with Gasteiger partial charge in [-0.25, -0.2) is 0 Å². The second-order valence-electron chi connectivity index (χ2n) is 2.63. The summed E-state index contributed by atoms with van der Waals surface area (Å²) in [6.45, 7) is 1.98. The molecule has 13 heavy (non-hydrogen) atoms. The number of hydrogen-bond acceptors (Lipinski definition) is 2. The van der Waals surface area contributed by atoms with Gasteiger partial charge in [-0.3, -0.25) is 4.79 Å². The fourth-order valence-corrected chi connectivity index (χ4v) is 1.25. The third-order valence-electron chi connectivity index (χ3n) is 1.60. The van der Waals surface area contributed by atoms with Gasteiger partial charge >= 0.3 is 0 Å². The minimum atomic E-state index is -0.0897. The fraction of sp³-hybridized carbons (Fsp3) is 0.222. The lowest BCUT2D eigenvalue weighted by Gasteiger charge is -2.02. The summed E-state index contributed by atoms with van der Waals surface area (Å²) in [7, 11) is 6.43. The number of halogens is 1. The summed E-state index contributed by atoms with van der Waals surface area (Å²) in [5.41, 5.74) is 1.81. The first-order valence-electron chi connectivity index (χ1n) is 3.82. The van der Waals surface area contributed by atoms with Gasteiger partial charge in [-0.1, -0.05) is 17.7 Å². The quantitative estimate of drug-likeness (QED) is 0.786. The number of benzene rings is 1. The molecule has 0 aliphatic heterocycles. The number of hydrogen-bond donors (Lipinski definition) is 1. The maximum atomic E-state index is 11.3. The van der Waals surface area contributed by atoms with Crippen LogP contribution < -0.4 is 5.32 Å². The first kappa shape index (κ1) is 10.4. The van der Waals surface area contributed by atoms with Crippen LogP contribution in [0, 0.1) is 6.92 Å². The minimum absolute atomic E-state index is 0.0897. The van der Waals surface area contributed by atoms with Crippen molar-refractivity contribution in [2.75, 3.05) is 5.88 Å². The van der Waals surface area contributed by atoms with Crippen LogP contribution in [0.1, 0.15) is 15.9 Å². The SMILES string of the molecule is Cc1ccc(C(=O)NCSCl)cc1. The van der Waals surface area contributed by atoms with Gasteiger partial charge < -0.3 is 5.32 Å². The second-order valence-corrected chi connectivity index (χ2v) is 3.79. The van der Waals surface area contributed by atoms with Crippen molar-refractivity contribution in [2.45, 2.75) is 6.92 Å². The van der Waals surface area contributed by atoms with Gasteiger partial charge in [0.15, 0.2) is 0 Å². The third kappa shape index (κ3) is 3.28. The van der Waals surface area contributed by atoms with Crippen molar-refractivity contribution in [3.63, 3.8) is 0 Å². The maximum absolute atomic E-state index is 11.3. The maximum Gasteiger partial charge on any atom is 0.251 e. The van der Waals surface area contributed by atoms with Crippen molar-refractivity contribution >= 4 is 27.6 Å². The zero-order valence-corrected chi connectivity index (χ0v) is 8.78. The molecule has 0 radical (unpaired) electrons. The Bertz CT molecular complexity index is 286. The molecule has 0 aromatic heterocycles. The molecule has 0 atom stereocenters. The van der Waals surface area contributed by atoms with Crippen LogP contribution in [0.3, 0.4) is 0 Å². The molecular formula is C9H10ClNOS. The second kappa shape index (κ2) is 5.14. The lowest BCUT2D eigenvalue weighted by molar-refractivity contribution is 0.0961. The largest absolute Gasteiger partial charge is 0.342 e. The average Bonchev–Trinajstić information content (AvgIpc) is 2.15. The van der Waals surface area contributed by atoms with Gasteiger partial charge in [0, 0.05) is 5.56 Å². The predicted molar refractivity (Wildman–Crippen MR) is 57.0 cm³/mol. The van der Waals surface area contributed by atoms with Crippen molar-refractivity contribution < 1.29 is 4.79 Å². The summed E-state index contributed by atoms with van der Waals surface area (Å²) >= 11 is 0. The minimum Gasteiger partial charge on any atom is -0.342 e. The van der Waals surface area contributed by atoms with Crippen molar-refractivity contribution in [3.8, 4) is 0 Å². The van der Waals surface area contributed by atoms with E-state index in [0.29, 0.717) is 11.4 Å². The zero-order valence-electron chi connectivity index (χ0n) is 7.21. The molecule has 1 amide bonds. The summed E-state index contributed by atoms with van der Waals surface area (Å²) in [5.74, 6) is 0.335. The molecule has 0 fully saturated rings. The fourth-order valence-electron chi connectivity index (χ4n) is 0.900. The van der Waals surface area contributed by atoms with Crippen LogP contribution in [-0.2, 0) is 0 Å². The van der Waals surface area contributed by atoms with Crippen LogP contribution in [0.2, 0.25) is 0 Å². The Morgan fingerprint density at radius 3 is 2.62 bits per heavy atom. The topological polar surface area (TPSA) is 29.1 Å². The van der Waals surface area contributed by atoms with Crippen LogP contribution in [0.15, 0.2) is 24.3 Å². The van der Waals surface area contributed by atoms with Gasteiger partial charge in [0.1, 0.15) is 0 Å². The van der Waals surface area contributed by atoms with Gasteiger partial charge in [0.05, 0.1) is 5.88 Å². The highest BCUT2D eigenvalue weighted by Gasteiger charge is 2.02. The zero-order chi connectivity index (χ0) is 9.68. The number of carbonyl (C=O) groups is 1. The summed E-state index contributed by atoms with van der Waals surface area (Å²) < 4.78 is 0. The number of rotatable bonds is 3. The number of nitrogens with one attached hydrogen (secondary N) is 1. The van der Waals surface area contributed by atoms with E-state index in [2.05, 4.69) is 5.32 Å². The Morgan fingerprint density at radius 1 is 1.46 bits per heavy atom. The molecule has 0 spiro atoms. The smallest absolute Gasteiger partial charge is 0.251 e. The summed E-state index contributed by atoms with van der Waals surface area (Å²) in [6.07, 6.45) is 0. The van der Waals surface area contributed by atoms with Crippen molar-refractivity contribution in [1.29, 1.82) is 0 Å². The Hall–Kier alpha value is -0.670. The molecule has 0 aliphatic rings. The lowest BCUT2D eigenvalue weighted by Crippen LogP contribution is -2.21. The molecular weight excluding hydrogens is 206 g/mol. The highest BCUT2D eigenvalue weighted by atomic mass is 35.7. The Morgan fingerprint density at radius 2 is 2.08 bits per heavy atom. The van der Waals surface area contributed by atoms with Crippen LogP contribution >= 0.6 is 21.7 Å². The standard InChI is InChI=1S/C9H10ClNOS/c1-7-2-4-8(5-3-7)9(12)11-6-13-10/h2-5H,6H2,1H3,(H,11,12). The summed E-state index contributed by atoms with van der Waals surface area (Å²) in [5, 5.41) is 2.66. The lowest BCUT2D eigenvalue weighted by atomic mass is 10.1. The number of aryl methyl sites for hydroxylation is 1. The molecule has 0 heterocycles. The first-order valence-corrected chi connectivity index (χ1v) is 5.63. The van der Waals surface area contributed by atoms with Crippen LogP contribution in [0.5, 0.6) is 0 Å². The van der Waals surface area contributed by atoms with Gasteiger partial charge in [-0.15, -0.1) is 0 Å². The molecule has 1 aromatic rings. The van der Waals surface area contributed by atoms with E-state index in [1.807, 2.05) is 19.1 Å². The van der Waals surface area contributed by atoms with E-state index < -0.39 is 0 Å². The molecule has 0 saturated heterocycles. The van der Waals surface area contributed by atoms with Gasteiger partial charge in [-0.2, -0.15) is 0 Å². The molecule has 70 valence electrons. The first-order chi connectivity index (χ1) is 6.24. The Labute approximate surface area is 86.2 Å². The van der Waals surface area contributed by atoms with E-state index in [-0.39, 0.29) is 5.91 Å². The van der Waals surface area contributed by atoms with E-state index in [0.717, 1.165) is 16.5 Å². The van der Waals surface area contributed by atoms with E-state index in [9.17, 15) is 4.79 Å². The molecule has 1 aromatic carbocycles. The molecule has 1 rings (SSSR count). The molecule has 1 N–H and O–H groups in total. The van der Waals surface area contributed by atoms with Crippen molar-refractivity contribution in [2.24, 2.45) is 0 Å². The Kier molecular flexibility index (Phi) is 4.12. The molecule has 0 unspecified atom stereocenters. The van der Waals surface area contributed by atoms with E-state index in [1.54, 1.807) is 12.1 Å². The van der Waals surface area contributed by atoms with Gasteiger partial charge in [-0.05, 0) is 40.7 Å². The highest BCUT2D eigenvalue weighted by Crippen LogP contribution is 2.05. The highest BCUT2D eigenvalue weighted by molar-refractivity contribution is 8.21. The predicted octanol–water partition coefficient (Wildman–Crippen LogP) is 2.57. The molecule has 2 nitrogen and oxygen atoms in total. The van der Waals surface area contributed by atoms with Crippen molar-refractivity contribution in [3.05, 3.63) is 35.4 Å². The third-order valence-corrected chi connectivity index (χ3v) is 2.18. The van der Waals surface area contributed by atoms with Crippen LogP contribution in [-0.4, -0.2) is 11.8 Å². The molecule has 0 aliphatic carbocycles. The van der Waals surface area contributed by atoms with Gasteiger partial charge in [0.2, 0.25) is 0 Å². The van der Waals surface area contributed by atoms with Gasteiger partial charge in [0.25, 0.3) is 5.91 Å². The van der Waals surface area contributed by atoms with E-state index >= 15 is 0 Å².